The Kier molecular flexibility index (Phi) is 4.66. The van der Waals surface area contributed by atoms with Crippen LogP contribution in [0.15, 0.2) is 48.5 Å². The number of hydrogen-bond donors (Lipinski definition) is 0. The van der Waals surface area contributed by atoms with Crippen molar-refractivity contribution < 1.29 is 9.18 Å². The summed E-state index contributed by atoms with van der Waals surface area (Å²) in [6, 6.07) is 13.6. The molecule has 138 valence electrons. The summed E-state index contributed by atoms with van der Waals surface area (Å²) in [5, 5.41) is 12.9. The van der Waals surface area contributed by atoms with Crippen molar-refractivity contribution in [2.24, 2.45) is 0 Å². The molecule has 4 rings (SSSR count). The molecule has 3 aromatic rings. The molecule has 0 aliphatic carbocycles. The van der Waals surface area contributed by atoms with Gasteiger partial charge in [0.05, 0.1) is 6.04 Å². The van der Waals surface area contributed by atoms with E-state index in [9.17, 15) is 9.18 Å². The molecule has 0 N–H and O–H groups in total. The van der Waals surface area contributed by atoms with Crippen LogP contribution in [-0.4, -0.2) is 44.1 Å². The summed E-state index contributed by atoms with van der Waals surface area (Å²) in [4.78, 5) is 16.1. The van der Waals surface area contributed by atoms with Gasteiger partial charge in [0.25, 0.3) is 5.91 Å². The van der Waals surface area contributed by atoms with E-state index in [0.717, 1.165) is 24.0 Å². The minimum Gasteiger partial charge on any atom is -0.336 e. The molecule has 2 aromatic carbocycles. The molecule has 0 bridgehead atoms. The zero-order chi connectivity index (χ0) is 18.8. The van der Waals surface area contributed by atoms with Gasteiger partial charge in [0, 0.05) is 24.2 Å². The lowest BCUT2D eigenvalue weighted by Gasteiger charge is -2.31. The van der Waals surface area contributed by atoms with Crippen LogP contribution in [0.4, 0.5) is 4.39 Å². The van der Waals surface area contributed by atoms with E-state index in [1.807, 2.05) is 31.2 Å². The minimum absolute atomic E-state index is 0.0193. The van der Waals surface area contributed by atoms with Crippen LogP contribution < -0.4 is 0 Å². The highest BCUT2D eigenvalue weighted by molar-refractivity contribution is 5.94. The Morgan fingerprint density at radius 3 is 2.78 bits per heavy atom. The van der Waals surface area contributed by atoms with Gasteiger partial charge in [-0.2, -0.15) is 4.80 Å². The van der Waals surface area contributed by atoms with E-state index in [1.54, 1.807) is 9.70 Å². The maximum atomic E-state index is 13.1. The number of carbonyl (C=O) groups is 1. The van der Waals surface area contributed by atoms with Crippen molar-refractivity contribution >= 4 is 5.91 Å². The van der Waals surface area contributed by atoms with Gasteiger partial charge in [0.15, 0.2) is 0 Å². The number of carbonyl (C=O) groups excluding carboxylic acids is 1. The molecule has 6 nitrogen and oxygen atoms in total. The van der Waals surface area contributed by atoms with E-state index in [1.165, 1.54) is 24.3 Å². The summed E-state index contributed by atoms with van der Waals surface area (Å²) in [5.74, 6) is 0.137. The number of benzene rings is 2. The van der Waals surface area contributed by atoms with Gasteiger partial charge in [0.1, 0.15) is 5.82 Å². The minimum atomic E-state index is -0.349. The van der Waals surface area contributed by atoms with Crippen molar-refractivity contribution in [2.45, 2.75) is 25.8 Å². The number of tetrazole rings is 1. The summed E-state index contributed by atoms with van der Waals surface area (Å²) in [5.41, 5.74) is 2.55. The summed E-state index contributed by atoms with van der Waals surface area (Å²) in [7, 11) is 0. The first kappa shape index (κ1) is 17.3. The van der Waals surface area contributed by atoms with E-state index in [4.69, 9.17) is 0 Å². The summed E-state index contributed by atoms with van der Waals surface area (Å²) in [6.07, 6.45) is 1.75. The van der Waals surface area contributed by atoms with Gasteiger partial charge in [-0.25, -0.2) is 4.39 Å². The van der Waals surface area contributed by atoms with Crippen LogP contribution in [0.3, 0.4) is 0 Å². The van der Waals surface area contributed by atoms with E-state index in [-0.39, 0.29) is 17.8 Å². The van der Waals surface area contributed by atoms with Crippen LogP contribution in [0, 0.1) is 12.7 Å². The molecule has 1 saturated heterocycles. The number of aromatic nitrogens is 4. The molecule has 1 unspecified atom stereocenters. The average molecular weight is 365 g/mol. The fourth-order valence-electron chi connectivity index (χ4n) is 3.38. The zero-order valence-electron chi connectivity index (χ0n) is 15.0. The molecule has 1 atom stereocenters. The first-order valence-corrected chi connectivity index (χ1v) is 9.01. The predicted octanol–water partition coefficient (Wildman–Crippen LogP) is 3.26. The number of likely N-dealkylation sites (tertiary alicyclic amines) is 1. The van der Waals surface area contributed by atoms with Crippen LogP contribution in [0.2, 0.25) is 0 Å². The number of nitrogens with zero attached hydrogens (tertiary/aromatic N) is 5. The SMILES string of the molecule is Cc1cccc(-c2nnn(C3CCCN(C(=O)c4ccc(F)cc4)C3)n2)c1. The molecule has 1 fully saturated rings. The van der Waals surface area contributed by atoms with E-state index in [0.29, 0.717) is 24.5 Å². The number of rotatable bonds is 3. The molecule has 1 aliphatic heterocycles. The van der Waals surface area contributed by atoms with Crippen LogP contribution in [-0.2, 0) is 0 Å². The van der Waals surface area contributed by atoms with Crippen molar-refractivity contribution in [1.29, 1.82) is 0 Å². The highest BCUT2D eigenvalue weighted by Gasteiger charge is 2.27. The van der Waals surface area contributed by atoms with Crippen LogP contribution in [0.25, 0.3) is 11.4 Å². The first-order chi connectivity index (χ1) is 13.1. The molecule has 1 amide bonds. The van der Waals surface area contributed by atoms with E-state index < -0.39 is 0 Å². The van der Waals surface area contributed by atoms with Crippen molar-refractivity contribution in [3.05, 3.63) is 65.5 Å². The number of halogens is 1. The smallest absolute Gasteiger partial charge is 0.253 e. The van der Waals surface area contributed by atoms with Crippen molar-refractivity contribution in [2.75, 3.05) is 13.1 Å². The maximum Gasteiger partial charge on any atom is 0.253 e. The van der Waals surface area contributed by atoms with E-state index >= 15 is 0 Å². The second-order valence-electron chi connectivity index (χ2n) is 6.86. The standard InChI is InChI=1S/C20H20FN5O/c1-14-4-2-5-16(12-14)19-22-24-26(23-19)18-6-3-11-25(13-18)20(27)15-7-9-17(21)10-8-15/h2,4-5,7-10,12,18H,3,6,11,13H2,1H3. The lowest BCUT2D eigenvalue weighted by molar-refractivity contribution is 0.0663. The van der Waals surface area contributed by atoms with Gasteiger partial charge in [0.2, 0.25) is 5.82 Å². The molecule has 2 heterocycles. The normalized spacial score (nSPS) is 17.1. The summed E-state index contributed by atoms with van der Waals surface area (Å²) < 4.78 is 13.1. The van der Waals surface area contributed by atoms with Crippen molar-refractivity contribution in [3.63, 3.8) is 0 Å². The first-order valence-electron chi connectivity index (χ1n) is 9.01. The Morgan fingerprint density at radius 2 is 2.00 bits per heavy atom. The molecular formula is C20H20FN5O. The number of piperidine rings is 1. The molecule has 0 saturated carbocycles. The number of aryl methyl sites for hydroxylation is 1. The van der Waals surface area contributed by atoms with Crippen LogP contribution in [0.1, 0.15) is 34.8 Å². The van der Waals surface area contributed by atoms with Gasteiger partial charge in [-0.3, -0.25) is 4.79 Å². The fraction of sp³-hybridized carbons (Fsp3) is 0.300. The van der Waals surface area contributed by atoms with Gasteiger partial charge < -0.3 is 4.90 Å². The molecule has 1 aromatic heterocycles. The van der Waals surface area contributed by atoms with Gasteiger partial charge >= 0.3 is 0 Å². The molecule has 0 radical (unpaired) electrons. The monoisotopic (exact) mass is 365 g/mol. The quantitative estimate of drug-likeness (QED) is 0.715. The molecule has 0 spiro atoms. The maximum absolute atomic E-state index is 13.1. The Morgan fingerprint density at radius 1 is 1.19 bits per heavy atom. The predicted molar refractivity (Wildman–Crippen MR) is 98.6 cm³/mol. The van der Waals surface area contributed by atoms with Crippen LogP contribution >= 0.6 is 0 Å². The highest BCUT2D eigenvalue weighted by atomic mass is 19.1. The third kappa shape index (κ3) is 3.72. The fourth-order valence-corrected chi connectivity index (χ4v) is 3.38. The number of amides is 1. The lowest BCUT2D eigenvalue weighted by Crippen LogP contribution is -2.41. The molecule has 1 aliphatic rings. The zero-order valence-corrected chi connectivity index (χ0v) is 15.0. The van der Waals surface area contributed by atoms with Crippen LogP contribution in [0.5, 0.6) is 0 Å². The van der Waals surface area contributed by atoms with Gasteiger partial charge in [-0.1, -0.05) is 23.8 Å². The number of hydrogen-bond acceptors (Lipinski definition) is 4. The molecule has 27 heavy (non-hydrogen) atoms. The average Bonchev–Trinajstić information content (AvgIpc) is 3.18. The lowest BCUT2D eigenvalue weighted by atomic mass is 10.0. The Labute approximate surface area is 156 Å². The Hall–Kier alpha value is -3.09. The second kappa shape index (κ2) is 7.26. The van der Waals surface area contributed by atoms with Crippen molar-refractivity contribution in [3.8, 4) is 11.4 Å². The van der Waals surface area contributed by atoms with Gasteiger partial charge in [-0.05, 0) is 55.3 Å². The summed E-state index contributed by atoms with van der Waals surface area (Å²) in [6.45, 7) is 3.21. The van der Waals surface area contributed by atoms with Crippen molar-refractivity contribution in [1.82, 2.24) is 25.1 Å². The second-order valence-corrected chi connectivity index (χ2v) is 6.86. The van der Waals surface area contributed by atoms with Gasteiger partial charge in [-0.15, -0.1) is 10.2 Å². The van der Waals surface area contributed by atoms with E-state index in [2.05, 4.69) is 15.4 Å². The highest BCUT2D eigenvalue weighted by Crippen LogP contribution is 2.23. The Balaban J connectivity index is 1.50. The largest absolute Gasteiger partial charge is 0.336 e. The molecule has 7 heteroatoms. The Bertz CT molecular complexity index is 953. The topological polar surface area (TPSA) is 63.9 Å². The third-order valence-electron chi connectivity index (χ3n) is 4.81. The third-order valence-corrected chi connectivity index (χ3v) is 4.81. The molecular weight excluding hydrogens is 345 g/mol. The summed E-state index contributed by atoms with van der Waals surface area (Å²) >= 11 is 0.